The molecule has 0 saturated carbocycles. The van der Waals surface area contributed by atoms with Crippen LogP contribution in [0.1, 0.15) is 51.1 Å². The number of thiophene rings is 1. The quantitative estimate of drug-likeness (QED) is 0.756. The van der Waals surface area contributed by atoms with Crippen LogP contribution in [0.2, 0.25) is 0 Å². The number of furan rings is 1. The predicted octanol–water partition coefficient (Wildman–Crippen LogP) is 2.08. The SMILES string of the molecule is C[C@H](NC(=O)c1ccco1)C(=O)Nc1sc2c(c1C(N)=O)CCCC2. The van der Waals surface area contributed by atoms with Crippen molar-refractivity contribution in [1.29, 1.82) is 0 Å². The van der Waals surface area contributed by atoms with E-state index in [0.29, 0.717) is 10.6 Å². The Kier molecular flexibility index (Phi) is 4.89. The fourth-order valence-electron chi connectivity index (χ4n) is 2.88. The molecule has 4 N–H and O–H groups in total. The van der Waals surface area contributed by atoms with Crippen LogP contribution in [0.3, 0.4) is 0 Å². The van der Waals surface area contributed by atoms with Gasteiger partial charge in [-0.25, -0.2) is 0 Å². The average Bonchev–Trinajstić information content (AvgIpc) is 3.21. The van der Waals surface area contributed by atoms with Gasteiger partial charge < -0.3 is 20.8 Å². The third-order valence-electron chi connectivity index (χ3n) is 4.14. The fourth-order valence-corrected chi connectivity index (χ4v) is 4.17. The lowest BCUT2D eigenvalue weighted by molar-refractivity contribution is -0.117. The average molecular weight is 361 g/mol. The van der Waals surface area contributed by atoms with Gasteiger partial charge in [0.2, 0.25) is 5.91 Å². The number of rotatable bonds is 5. The Bertz CT molecular complexity index is 810. The second-order valence-electron chi connectivity index (χ2n) is 5.94. The minimum Gasteiger partial charge on any atom is -0.459 e. The molecule has 132 valence electrons. The van der Waals surface area contributed by atoms with E-state index in [1.54, 1.807) is 13.0 Å². The zero-order valence-electron chi connectivity index (χ0n) is 13.8. The molecule has 3 rings (SSSR count). The molecule has 25 heavy (non-hydrogen) atoms. The monoisotopic (exact) mass is 361 g/mol. The van der Waals surface area contributed by atoms with E-state index in [1.807, 2.05) is 0 Å². The Morgan fingerprint density at radius 3 is 2.72 bits per heavy atom. The van der Waals surface area contributed by atoms with Gasteiger partial charge >= 0.3 is 0 Å². The first-order valence-electron chi connectivity index (χ1n) is 8.07. The second kappa shape index (κ2) is 7.10. The maximum atomic E-state index is 12.4. The van der Waals surface area contributed by atoms with Crippen molar-refractivity contribution in [1.82, 2.24) is 5.32 Å². The Hall–Kier alpha value is -2.61. The molecular weight excluding hydrogens is 342 g/mol. The number of hydrogen-bond donors (Lipinski definition) is 3. The molecule has 0 aromatic carbocycles. The standard InChI is InChI=1S/C17H19N3O4S/c1-9(19-16(23)11-6-4-8-24-11)15(22)20-17-13(14(18)21)10-5-2-3-7-12(10)25-17/h4,6,8-9H,2-3,5,7H2,1H3,(H2,18,21)(H,19,23)(H,20,22)/t9-/m0/s1. The number of fused-ring (bicyclic) bond motifs is 1. The summed E-state index contributed by atoms with van der Waals surface area (Å²) in [5.41, 5.74) is 6.86. The fraction of sp³-hybridized carbons (Fsp3) is 0.353. The molecule has 2 aromatic rings. The van der Waals surface area contributed by atoms with Crippen molar-refractivity contribution in [2.24, 2.45) is 5.73 Å². The van der Waals surface area contributed by atoms with Crippen LogP contribution in [0.15, 0.2) is 22.8 Å². The van der Waals surface area contributed by atoms with Crippen LogP contribution in [0.25, 0.3) is 0 Å². The van der Waals surface area contributed by atoms with Crippen LogP contribution >= 0.6 is 11.3 Å². The molecule has 2 heterocycles. The van der Waals surface area contributed by atoms with Gasteiger partial charge in [-0.1, -0.05) is 0 Å². The predicted molar refractivity (Wildman–Crippen MR) is 93.7 cm³/mol. The summed E-state index contributed by atoms with van der Waals surface area (Å²) in [5, 5.41) is 5.75. The second-order valence-corrected chi connectivity index (χ2v) is 7.05. The summed E-state index contributed by atoms with van der Waals surface area (Å²) < 4.78 is 5.00. The molecule has 1 atom stereocenters. The van der Waals surface area contributed by atoms with Crippen molar-refractivity contribution in [3.8, 4) is 0 Å². The maximum Gasteiger partial charge on any atom is 0.287 e. The first kappa shape index (κ1) is 17.2. The minimum atomic E-state index is -0.794. The van der Waals surface area contributed by atoms with Crippen LogP contribution in [-0.2, 0) is 17.6 Å². The van der Waals surface area contributed by atoms with Gasteiger partial charge in [-0.05, 0) is 50.3 Å². The summed E-state index contributed by atoms with van der Waals surface area (Å²) in [7, 11) is 0. The molecule has 0 saturated heterocycles. The lowest BCUT2D eigenvalue weighted by Crippen LogP contribution is -2.41. The van der Waals surface area contributed by atoms with Crippen LogP contribution < -0.4 is 16.4 Å². The van der Waals surface area contributed by atoms with Gasteiger partial charge in [-0.15, -0.1) is 11.3 Å². The number of amides is 3. The van der Waals surface area contributed by atoms with E-state index >= 15 is 0 Å². The summed E-state index contributed by atoms with van der Waals surface area (Å²) in [4.78, 5) is 37.3. The van der Waals surface area contributed by atoms with E-state index < -0.39 is 23.8 Å². The molecule has 0 radical (unpaired) electrons. The third kappa shape index (κ3) is 3.58. The zero-order valence-corrected chi connectivity index (χ0v) is 14.6. The molecule has 0 aliphatic heterocycles. The summed E-state index contributed by atoms with van der Waals surface area (Å²) >= 11 is 1.39. The van der Waals surface area contributed by atoms with Crippen LogP contribution in [0.5, 0.6) is 0 Å². The molecule has 0 bridgehead atoms. The van der Waals surface area contributed by atoms with Gasteiger partial charge in [0, 0.05) is 4.88 Å². The van der Waals surface area contributed by atoms with Gasteiger partial charge in [-0.2, -0.15) is 0 Å². The van der Waals surface area contributed by atoms with E-state index in [1.165, 1.54) is 23.7 Å². The van der Waals surface area contributed by atoms with E-state index in [2.05, 4.69) is 10.6 Å². The van der Waals surface area contributed by atoms with Crippen molar-refractivity contribution in [3.63, 3.8) is 0 Å². The highest BCUT2D eigenvalue weighted by atomic mass is 32.1. The largest absolute Gasteiger partial charge is 0.459 e. The topological polar surface area (TPSA) is 114 Å². The molecular formula is C17H19N3O4S. The van der Waals surface area contributed by atoms with E-state index in [9.17, 15) is 14.4 Å². The van der Waals surface area contributed by atoms with Crippen LogP contribution in [0, 0.1) is 0 Å². The van der Waals surface area contributed by atoms with Crippen molar-refractivity contribution < 1.29 is 18.8 Å². The third-order valence-corrected chi connectivity index (χ3v) is 5.35. The van der Waals surface area contributed by atoms with E-state index in [-0.39, 0.29) is 5.76 Å². The molecule has 0 fully saturated rings. The van der Waals surface area contributed by atoms with Gasteiger partial charge in [0.1, 0.15) is 11.0 Å². The first-order valence-corrected chi connectivity index (χ1v) is 8.88. The maximum absolute atomic E-state index is 12.4. The zero-order chi connectivity index (χ0) is 18.0. The van der Waals surface area contributed by atoms with Gasteiger partial charge in [0.15, 0.2) is 5.76 Å². The molecule has 8 heteroatoms. The molecule has 0 spiro atoms. The summed E-state index contributed by atoms with van der Waals surface area (Å²) in [6.45, 7) is 1.56. The number of primary amides is 1. The van der Waals surface area contributed by atoms with Crippen LogP contribution in [0.4, 0.5) is 5.00 Å². The van der Waals surface area contributed by atoms with Gasteiger partial charge in [0.05, 0.1) is 11.8 Å². The van der Waals surface area contributed by atoms with Gasteiger partial charge in [-0.3, -0.25) is 14.4 Å². The molecule has 2 aromatic heterocycles. The molecule has 3 amide bonds. The molecule has 1 aliphatic carbocycles. The Morgan fingerprint density at radius 1 is 1.28 bits per heavy atom. The summed E-state index contributed by atoms with van der Waals surface area (Å²) in [5.74, 6) is -1.31. The van der Waals surface area contributed by atoms with Crippen molar-refractivity contribution in [2.45, 2.75) is 38.6 Å². The van der Waals surface area contributed by atoms with Crippen molar-refractivity contribution >= 4 is 34.1 Å². The Morgan fingerprint density at radius 2 is 2.04 bits per heavy atom. The lowest BCUT2D eigenvalue weighted by Gasteiger charge is -2.13. The number of carbonyl (C=O) groups excluding carboxylic acids is 3. The molecule has 7 nitrogen and oxygen atoms in total. The molecule has 1 aliphatic rings. The number of aryl methyl sites for hydroxylation is 1. The van der Waals surface area contributed by atoms with Crippen molar-refractivity contribution in [2.75, 3.05) is 5.32 Å². The highest BCUT2D eigenvalue weighted by Gasteiger charge is 2.26. The van der Waals surface area contributed by atoms with E-state index in [0.717, 1.165) is 36.1 Å². The highest BCUT2D eigenvalue weighted by molar-refractivity contribution is 7.17. The Labute approximate surface area is 148 Å². The summed E-state index contributed by atoms with van der Waals surface area (Å²) in [6.07, 6.45) is 5.14. The number of hydrogen-bond acceptors (Lipinski definition) is 5. The number of anilines is 1. The Balaban J connectivity index is 1.73. The smallest absolute Gasteiger partial charge is 0.287 e. The number of nitrogens with two attached hydrogens (primary N) is 1. The normalized spacial score (nSPS) is 14.4. The lowest BCUT2D eigenvalue weighted by atomic mass is 9.95. The van der Waals surface area contributed by atoms with Crippen molar-refractivity contribution in [3.05, 3.63) is 40.2 Å². The van der Waals surface area contributed by atoms with Gasteiger partial charge in [0.25, 0.3) is 11.8 Å². The molecule has 0 unspecified atom stereocenters. The highest BCUT2D eigenvalue weighted by Crippen LogP contribution is 2.37. The minimum absolute atomic E-state index is 0.129. The first-order chi connectivity index (χ1) is 12.0. The number of nitrogens with one attached hydrogen (secondary N) is 2. The van der Waals surface area contributed by atoms with Crippen LogP contribution in [-0.4, -0.2) is 23.8 Å². The summed E-state index contributed by atoms with van der Waals surface area (Å²) in [6, 6.07) is 2.31. The van der Waals surface area contributed by atoms with E-state index in [4.69, 9.17) is 10.2 Å². The number of carbonyl (C=O) groups is 3.